The molecule has 0 spiro atoms. The number of amides is 3. The number of β-lactam (4-membered cyclic amide) rings is 1. The molecule has 3 heterocycles. The first-order valence-electron chi connectivity index (χ1n) is 9.92. The molecule has 0 aliphatic carbocycles. The predicted molar refractivity (Wildman–Crippen MR) is 130 cm³/mol. The van der Waals surface area contributed by atoms with E-state index in [1.807, 2.05) is 38.1 Å². The second-order valence-electron chi connectivity index (χ2n) is 7.56. The number of nitrogens with one attached hydrogen (secondary N) is 2. The fourth-order valence-electron chi connectivity index (χ4n) is 3.43. The van der Waals surface area contributed by atoms with Gasteiger partial charge >= 0.3 is 12.0 Å². The Hall–Kier alpha value is -2.77. The van der Waals surface area contributed by atoms with Gasteiger partial charge < -0.3 is 20.6 Å². The van der Waals surface area contributed by atoms with E-state index in [1.54, 1.807) is 12.1 Å². The zero-order chi connectivity index (χ0) is 23.7. The van der Waals surface area contributed by atoms with Crippen molar-refractivity contribution in [2.45, 2.75) is 22.7 Å². The summed E-state index contributed by atoms with van der Waals surface area (Å²) >= 11 is 4.28. The van der Waals surface area contributed by atoms with Crippen LogP contribution in [0.4, 0.5) is 16.2 Å². The Bertz CT molecular complexity index is 1120. The van der Waals surface area contributed by atoms with E-state index in [0.717, 1.165) is 15.0 Å². The number of carbonyl (C=O) groups excluding carboxylic acids is 2. The van der Waals surface area contributed by atoms with E-state index in [4.69, 9.17) is 0 Å². The van der Waals surface area contributed by atoms with E-state index < -0.39 is 29.3 Å². The molecule has 3 N–H and O–H groups in total. The number of carbonyl (C=O) groups is 3. The van der Waals surface area contributed by atoms with Gasteiger partial charge in [0.25, 0.3) is 5.91 Å². The Morgan fingerprint density at radius 3 is 2.61 bits per heavy atom. The van der Waals surface area contributed by atoms with Crippen molar-refractivity contribution in [1.82, 2.24) is 20.4 Å². The Balaban J connectivity index is 1.40. The third-order valence-electron chi connectivity index (χ3n) is 5.06. The normalized spacial score (nSPS) is 19.6. The molecule has 1 saturated heterocycles. The van der Waals surface area contributed by atoms with Gasteiger partial charge in [0, 0.05) is 37.0 Å². The number of carboxylic acids is 1. The fourth-order valence-corrected chi connectivity index (χ4v) is 6.73. The highest BCUT2D eigenvalue weighted by Crippen LogP contribution is 2.41. The Morgan fingerprint density at radius 2 is 2.00 bits per heavy atom. The zero-order valence-corrected chi connectivity index (χ0v) is 20.5. The van der Waals surface area contributed by atoms with Crippen molar-refractivity contribution < 1.29 is 19.5 Å². The van der Waals surface area contributed by atoms with Crippen LogP contribution in [0.5, 0.6) is 0 Å². The molecule has 33 heavy (non-hydrogen) atoms. The van der Waals surface area contributed by atoms with Gasteiger partial charge in [-0.15, -0.1) is 22.0 Å². The first kappa shape index (κ1) is 23.4. The van der Waals surface area contributed by atoms with Crippen molar-refractivity contribution in [3.8, 4) is 0 Å². The molecule has 1 aromatic heterocycles. The van der Waals surface area contributed by atoms with Gasteiger partial charge in [-0.1, -0.05) is 23.1 Å². The Morgan fingerprint density at radius 1 is 1.27 bits per heavy atom. The summed E-state index contributed by atoms with van der Waals surface area (Å²) in [5, 5.41) is 23.5. The van der Waals surface area contributed by atoms with Crippen LogP contribution in [0.2, 0.25) is 0 Å². The molecule has 1 fully saturated rings. The number of hydrogen-bond acceptors (Lipinski definition) is 9. The van der Waals surface area contributed by atoms with Gasteiger partial charge in [0.15, 0.2) is 4.34 Å². The summed E-state index contributed by atoms with van der Waals surface area (Å²) in [6.45, 7) is 1.85. The molecule has 4 rings (SSSR count). The number of urea groups is 1. The second-order valence-corrected chi connectivity index (χ2v) is 11.1. The molecule has 2 atom stereocenters. The maximum atomic E-state index is 12.8. The molecule has 13 heteroatoms. The third kappa shape index (κ3) is 4.94. The van der Waals surface area contributed by atoms with Crippen LogP contribution in [0, 0.1) is 6.92 Å². The van der Waals surface area contributed by atoms with Crippen molar-refractivity contribution in [3.63, 3.8) is 0 Å². The van der Waals surface area contributed by atoms with Crippen LogP contribution in [0.1, 0.15) is 5.01 Å². The number of fused-ring (bicyclic) bond motifs is 1. The van der Waals surface area contributed by atoms with E-state index in [0.29, 0.717) is 22.8 Å². The minimum Gasteiger partial charge on any atom is -0.477 e. The summed E-state index contributed by atoms with van der Waals surface area (Å²) in [6, 6.07) is 5.98. The molecule has 2 aliphatic rings. The van der Waals surface area contributed by atoms with Gasteiger partial charge in [0.05, 0.1) is 0 Å². The molecule has 10 nitrogen and oxygen atoms in total. The molecule has 1 aromatic carbocycles. The number of aromatic nitrogens is 2. The lowest BCUT2D eigenvalue weighted by molar-refractivity contribution is -0.148. The van der Waals surface area contributed by atoms with E-state index in [9.17, 15) is 19.5 Å². The largest absolute Gasteiger partial charge is 0.477 e. The maximum absolute atomic E-state index is 12.8. The summed E-state index contributed by atoms with van der Waals surface area (Å²) in [5.41, 5.74) is 2.23. The van der Waals surface area contributed by atoms with E-state index in [2.05, 4.69) is 20.8 Å². The summed E-state index contributed by atoms with van der Waals surface area (Å²) in [7, 11) is 3.85. The maximum Gasteiger partial charge on any atom is 0.352 e. The molecule has 2 aromatic rings. The average molecular weight is 507 g/mol. The number of anilines is 2. The highest BCUT2D eigenvalue weighted by Gasteiger charge is 2.54. The van der Waals surface area contributed by atoms with Gasteiger partial charge in [-0.2, -0.15) is 0 Å². The number of aryl methyl sites for hydroxylation is 1. The zero-order valence-electron chi connectivity index (χ0n) is 18.1. The molecular formula is C20H22N6O4S3. The molecule has 174 valence electrons. The topological polar surface area (TPSA) is 128 Å². The average Bonchev–Trinajstić information content (AvgIpc) is 3.20. The van der Waals surface area contributed by atoms with Gasteiger partial charge in [0.1, 0.15) is 22.1 Å². The third-order valence-corrected chi connectivity index (χ3v) is 8.45. The van der Waals surface area contributed by atoms with Crippen molar-refractivity contribution in [2.75, 3.05) is 35.8 Å². The minimum atomic E-state index is -1.15. The van der Waals surface area contributed by atoms with Crippen LogP contribution < -0.4 is 15.5 Å². The quantitative estimate of drug-likeness (QED) is 0.383. The molecule has 0 saturated carbocycles. The smallest absolute Gasteiger partial charge is 0.352 e. The molecule has 1 unspecified atom stereocenters. The number of benzene rings is 1. The van der Waals surface area contributed by atoms with Crippen LogP contribution >= 0.6 is 34.9 Å². The molecular weight excluding hydrogens is 484 g/mol. The van der Waals surface area contributed by atoms with Crippen molar-refractivity contribution in [3.05, 3.63) is 40.5 Å². The minimum absolute atomic E-state index is 0.00443. The number of aliphatic carboxylic acids is 1. The predicted octanol–water partition coefficient (Wildman–Crippen LogP) is 2.45. The van der Waals surface area contributed by atoms with Crippen LogP contribution in [-0.4, -0.2) is 75.1 Å². The van der Waals surface area contributed by atoms with Crippen molar-refractivity contribution in [2.24, 2.45) is 0 Å². The summed E-state index contributed by atoms with van der Waals surface area (Å²) in [5.74, 6) is -0.730. The van der Waals surface area contributed by atoms with Gasteiger partial charge in [-0.05, 0) is 36.8 Å². The highest BCUT2D eigenvalue weighted by atomic mass is 32.2. The van der Waals surface area contributed by atoms with E-state index in [1.165, 1.54) is 39.8 Å². The first-order chi connectivity index (χ1) is 15.7. The number of rotatable bonds is 7. The van der Waals surface area contributed by atoms with Crippen molar-refractivity contribution >= 4 is 64.1 Å². The lowest BCUT2D eigenvalue weighted by Crippen LogP contribution is -2.71. The second kappa shape index (κ2) is 9.61. The summed E-state index contributed by atoms with van der Waals surface area (Å²) in [6.07, 6.45) is 0. The number of nitrogens with zero attached hydrogens (tertiary/aromatic N) is 4. The molecule has 0 radical (unpaired) electrons. The summed E-state index contributed by atoms with van der Waals surface area (Å²) in [4.78, 5) is 40.4. The Kier molecular flexibility index (Phi) is 6.81. The van der Waals surface area contributed by atoms with Crippen LogP contribution in [-0.2, 0) is 9.59 Å². The standard InChI is InChI=1S/C20H22N6O4S3/c1-10-23-24-20(33-10)32-9-11-8-31-17-14(16(27)26(17)15(11)18(28)29)22-19(30)21-12-4-6-13(7-5-12)25(2)3/h4-7,14,17H,8-9H2,1-3H3,(H,28,29)(H2,21,22,30)/t14?,17-/m1/s1. The monoisotopic (exact) mass is 506 g/mol. The molecule has 3 amide bonds. The van der Waals surface area contributed by atoms with Gasteiger partial charge in [0.2, 0.25) is 0 Å². The summed E-state index contributed by atoms with van der Waals surface area (Å²) < 4.78 is 0.752. The lowest BCUT2D eigenvalue weighted by Gasteiger charge is -2.49. The van der Waals surface area contributed by atoms with Crippen LogP contribution in [0.25, 0.3) is 0 Å². The Labute approximate surface area is 202 Å². The van der Waals surface area contributed by atoms with Gasteiger partial charge in [-0.25, -0.2) is 9.59 Å². The number of hydrogen-bond donors (Lipinski definition) is 3. The molecule has 2 aliphatic heterocycles. The molecule has 0 bridgehead atoms. The first-order valence-corrected chi connectivity index (χ1v) is 12.8. The van der Waals surface area contributed by atoms with Gasteiger partial charge in [-0.3, -0.25) is 9.69 Å². The lowest BCUT2D eigenvalue weighted by atomic mass is 10.0. The van der Waals surface area contributed by atoms with E-state index in [-0.39, 0.29) is 5.70 Å². The number of thioether (sulfide) groups is 2. The van der Waals surface area contributed by atoms with E-state index >= 15 is 0 Å². The van der Waals surface area contributed by atoms with Crippen LogP contribution in [0.15, 0.2) is 39.9 Å². The number of carboxylic acid groups (broad SMARTS) is 1. The SMILES string of the molecule is Cc1nnc(SCC2=C(C(=O)O)N3C(=O)C(NC(=O)Nc4ccc(N(C)C)cc4)[C@H]3SC2)s1. The van der Waals surface area contributed by atoms with Crippen molar-refractivity contribution in [1.29, 1.82) is 0 Å². The van der Waals surface area contributed by atoms with Crippen LogP contribution in [0.3, 0.4) is 0 Å². The fraction of sp³-hybridized carbons (Fsp3) is 0.350. The highest BCUT2D eigenvalue weighted by molar-refractivity contribution is 8.01.